The Morgan fingerprint density at radius 2 is 1.23 bits per heavy atom. The fraction of sp³-hybridized carbons (Fsp3) is 0.727. The van der Waals surface area contributed by atoms with Crippen LogP contribution in [0.1, 0.15) is 97.8 Å². The Balaban J connectivity index is 3.72. The highest BCUT2D eigenvalue weighted by Crippen LogP contribution is 2.13. The first-order valence-corrected chi connectivity index (χ1v) is 9.98. The standard InChI is InChI=1S/C22H34O4/c1-4-7-8-9-10-11-12-13-14-15-16-17-18-19-22(25-20(23)5-2)26-21(24)6-3/h22H,4-6,11-19H2,1-3H3. The molecular weight excluding hydrogens is 328 g/mol. The summed E-state index contributed by atoms with van der Waals surface area (Å²) in [6, 6.07) is 0. The monoisotopic (exact) mass is 362 g/mol. The number of rotatable bonds is 13. The van der Waals surface area contributed by atoms with Gasteiger partial charge in [0.2, 0.25) is 6.29 Å². The van der Waals surface area contributed by atoms with E-state index in [1.165, 1.54) is 19.3 Å². The lowest BCUT2D eigenvalue weighted by atomic mass is 10.1. The minimum absolute atomic E-state index is 0.287. The van der Waals surface area contributed by atoms with E-state index in [1.54, 1.807) is 13.8 Å². The largest absolute Gasteiger partial charge is 0.425 e. The van der Waals surface area contributed by atoms with E-state index in [-0.39, 0.29) is 24.8 Å². The van der Waals surface area contributed by atoms with Gasteiger partial charge in [-0.2, -0.15) is 0 Å². The van der Waals surface area contributed by atoms with Gasteiger partial charge in [0.15, 0.2) is 0 Å². The van der Waals surface area contributed by atoms with Gasteiger partial charge in [0, 0.05) is 32.1 Å². The van der Waals surface area contributed by atoms with Crippen LogP contribution in [0.25, 0.3) is 0 Å². The zero-order chi connectivity index (χ0) is 19.5. The molecule has 0 radical (unpaired) electrons. The van der Waals surface area contributed by atoms with Crippen molar-refractivity contribution < 1.29 is 19.1 Å². The van der Waals surface area contributed by atoms with E-state index in [1.807, 2.05) is 6.92 Å². The second kappa shape index (κ2) is 17.9. The molecule has 0 bridgehead atoms. The number of carbonyl (C=O) groups excluding carboxylic acids is 2. The Morgan fingerprint density at radius 1 is 0.731 bits per heavy atom. The van der Waals surface area contributed by atoms with Gasteiger partial charge in [0.05, 0.1) is 0 Å². The maximum absolute atomic E-state index is 11.4. The van der Waals surface area contributed by atoms with Crippen molar-refractivity contribution in [1.29, 1.82) is 0 Å². The lowest BCUT2D eigenvalue weighted by Crippen LogP contribution is -2.24. The summed E-state index contributed by atoms with van der Waals surface area (Å²) >= 11 is 0. The second-order valence-electron chi connectivity index (χ2n) is 6.09. The second-order valence-corrected chi connectivity index (χ2v) is 6.09. The van der Waals surface area contributed by atoms with E-state index in [4.69, 9.17) is 9.47 Å². The maximum Gasteiger partial charge on any atom is 0.308 e. The zero-order valence-corrected chi connectivity index (χ0v) is 16.7. The molecule has 0 aliphatic rings. The average Bonchev–Trinajstić information content (AvgIpc) is 2.64. The summed E-state index contributed by atoms with van der Waals surface area (Å²) in [5.41, 5.74) is 0. The lowest BCUT2D eigenvalue weighted by Gasteiger charge is -2.17. The molecule has 4 nitrogen and oxygen atoms in total. The average molecular weight is 363 g/mol. The molecule has 4 heteroatoms. The molecule has 0 aliphatic heterocycles. The van der Waals surface area contributed by atoms with Gasteiger partial charge >= 0.3 is 11.9 Å². The zero-order valence-electron chi connectivity index (χ0n) is 16.7. The van der Waals surface area contributed by atoms with Crippen LogP contribution in [0.5, 0.6) is 0 Å². The fourth-order valence-electron chi connectivity index (χ4n) is 2.25. The fourth-order valence-corrected chi connectivity index (χ4v) is 2.25. The third-order valence-electron chi connectivity index (χ3n) is 3.76. The van der Waals surface area contributed by atoms with Crippen molar-refractivity contribution in [3.05, 3.63) is 0 Å². The summed E-state index contributed by atoms with van der Waals surface area (Å²) in [6.07, 6.45) is 10.0. The Labute approximate surface area is 159 Å². The van der Waals surface area contributed by atoms with Crippen LogP contribution in [0, 0.1) is 23.7 Å². The van der Waals surface area contributed by atoms with Crippen molar-refractivity contribution in [3.8, 4) is 23.7 Å². The molecule has 0 aliphatic carbocycles. The van der Waals surface area contributed by atoms with Crippen molar-refractivity contribution in [2.75, 3.05) is 0 Å². The summed E-state index contributed by atoms with van der Waals surface area (Å²) < 4.78 is 10.3. The quantitative estimate of drug-likeness (QED) is 0.197. The van der Waals surface area contributed by atoms with Gasteiger partial charge in [0.1, 0.15) is 0 Å². The summed E-state index contributed by atoms with van der Waals surface area (Å²) in [7, 11) is 0. The molecule has 0 aromatic carbocycles. The molecule has 0 amide bonds. The molecule has 0 aromatic rings. The van der Waals surface area contributed by atoms with Gasteiger partial charge in [-0.3, -0.25) is 9.59 Å². The normalized spacial score (nSPS) is 9.69. The molecular formula is C22H34O4. The predicted molar refractivity (Wildman–Crippen MR) is 104 cm³/mol. The summed E-state index contributed by atoms with van der Waals surface area (Å²) in [5.74, 6) is 11.0. The Morgan fingerprint density at radius 3 is 1.77 bits per heavy atom. The lowest BCUT2D eigenvalue weighted by molar-refractivity contribution is -0.188. The van der Waals surface area contributed by atoms with E-state index < -0.39 is 6.29 Å². The SMILES string of the molecule is CCC#CC#CCCCCCCCCCC(OC(=O)CC)OC(=O)CC. The van der Waals surface area contributed by atoms with Crippen molar-refractivity contribution >= 4 is 11.9 Å². The number of hydrogen-bond acceptors (Lipinski definition) is 4. The predicted octanol–water partition coefficient (Wildman–Crippen LogP) is 5.15. The molecule has 0 N–H and O–H groups in total. The van der Waals surface area contributed by atoms with Crippen molar-refractivity contribution in [2.24, 2.45) is 0 Å². The number of carbonyl (C=O) groups is 2. The number of unbranched alkanes of at least 4 members (excludes halogenated alkanes) is 7. The third kappa shape index (κ3) is 15.6. The first-order chi connectivity index (χ1) is 12.6. The van der Waals surface area contributed by atoms with Gasteiger partial charge in [-0.05, 0) is 24.7 Å². The van der Waals surface area contributed by atoms with Crippen molar-refractivity contribution in [2.45, 2.75) is 104 Å². The molecule has 0 atom stereocenters. The van der Waals surface area contributed by atoms with Crippen LogP contribution in [0.15, 0.2) is 0 Å². The topological polar surface area (TPSA) is 52.6 Å². The summed E-state index contributed by atoms with van der Waals surface area (Å²) in [5, 5.41) is 0. The molecule has 0 spiro atoms. The van der Waals surface area contributed by atoms with Gasteiger partial charge in [-0.1, -0.05) is 64.7 Å². The van der Waals surface area contributed by atoms with Crippen molar-refractivity contribution in [3.63, 3.8) is 0 Å². The first-order valence-electron chi connectivity index (χ1n) is 9.98. The number of hydrogen-bond donors (Lipinski definition) is 0. The van der Waals surface area contributed by atoms with Gasteiger partial charge in [0.25, 0.3) is 0 Å². The van der Waals surface area contributed by atoms with E-state index in [0.717, 1.165) is 38.5 Å². The van der Waals surface area contributed by atoms with Crippen LogP contribution < -0.4 is 0 Å². The first kappa shape index (κ1) is 24.1. The number of ether oxygens (including phenoxy) is 2. The third-order valence-corrected chi connectivity index (χ3v) is 3.76. The Bertz CT molecular complexity index is 484. The molecule has 0 saturated heterocycles. The molecule has 0 saturated carbocycles. The van der Waals surface area contributed by atoms with Crippen LogP contribution in [-0.4, -0.2) is 18.2 Å². The van der Waals surface area contributed by atoms with Gasteiger partial charge < -0.3 is 9.47 Å². The number of esters is 2. The summed E-state index contributed by atoms with van der Waals surface area (Å²) in [6.45, 7) is 5.47. The molecule has 26 heavy (non-hydrogen) atoms. The molecule has 0 fully saturated rings. The molecule has 0 aromatic heterocycles. The Hall–Kier alpha value is -1.94. The molecule has 0 unspecified atom stereocenters. The Kier molecular flexibility index (Phi) is 16.5. The smallest absolute Gasteiger partial charge is 0.308 e. The van der Waals surface area contributed by atoms with Gasteiger partial charge in [-0.25, -0.2) is 0 Å². The van der Waals surface area contributed by atoms with Crippen LogP contribution in [-0.2, 0) is 19.1 Å². The highest BCUT2D eigenvalue weighted by atomic mass is 16.7. The van der Waals surface area contributed by atoms with E-state index in [0.29, 0.717) is 6.42 Å². The molecule has 0 heterocycles. The molecule has 146 valence electrons. The van der Waals surface area contributed by atoms with Crippen LogP contribution in [0.2, 0.25) is 0 Å². The summed E-state index contributed by atoms with van der Waals surface area (Å²) in [4.78, 5) is 22.8. The van der Waals surface area contributed by atoms with E-state index in [2.05, 4.69) is 23.7 Å². The maximum atomic E-state index is 11.4. The minimum Gasteiger partial charge on any atom is -0.425 e. The minimum atomic E-state index is -0.732. The van der Waals surface area contributed by atoms with E-state index >= 15 is 0 Å². The van der Waals surface area contributed by atoms with Gasteiger partial charge in [-0.15, -0.1) is 0 Å². The van der Waals surface area contributed by atoms with Crippen LogP contribution in [0.4, 0.5) is 0 Å². The van der Waals surface area contributed by atoms with E-state index in [9.17, 15) is 9.59 Å². The highest BCUT2D eigenvalue weighted by Gasteiger charge is 2.16. The van der Waals surface area contributed by atoms with Crippen LogP contribution >= 0.6 is 0 Å². The van der Waals surface area contributed by atoms with Crippen LogP contribution in [0.3, 0.4) is 0 Å². The van der Waals surface area contributed by atoms with Crippen molar-refractivity contribution in [1.82, 2.24) is 0 Å². The highest BCUT2D eigenvalue weighted by molar-refractivity contribution is 5.71. The molecule has 0 rings (SSSR count).